The van der Waals surface area contributed by atoms with Gasteiger partial charge in [0.05, 0.1) is 13.2 Å². The summed E-state index contributed by atoms with van der Waals surface area (Å²) >= 11 is 0. The molecule has 1 aromatic carbocycles. The van der Waals surface area contributed by atoms with Gasteiger partial charge in [0, 0.05) is 43.1 Å². The van der Waals surface area contributed by atoms with E-state index < -0.39 is 11.0 Å². The van der Waals surface area contributed by atoms with E-state index in [4.69, 9.17) is 14.2 Å². The maximum absolute atomic E-state index is 13.5. The molecule has 2 atom stereocenters. The Bertz CT molecular complexity index is 1090. The predicted octanol–water partition coefficient (Wildman–Crippen LogP) is 5.50. The first-order chi connectivity index (χ1) is 18.6. The van der Waals surface area contributed by atoms with Crippen LogP contribution in [-0.2, 0) is 14.2 Å². The van der Waals surface area contributed by atoms with Gasteiger partial charge >= 0.3 is 12.2 Å². The average Bonchev–Trinajstić information content (AvgIpc) is 3.71. The first kappa shape index (κ1) is 28.5. The van der Waals surface area contributed by atoms with Crippen molar-refractivity contribution in [2.45, 2.75) is 57.6 Å². The number of benzene rings is 1. The molecule has 4 rings (SSSR count). The fourth-order valence-electron chi connectivity index (χ4n) is 5.10. The molecule has 2 heterocycles. The third-order valence-electron chi connectivity index (χ3n) is 7.31. The number of hydrogen-bond acceptors (Lipinski definition) is 6. The SMILES string of the molecule is C=CCOC(=O)N(CC1(COC2=CC=C(F)CN2)CCN(C(=O)OC(C)(C)C)CC1)[C@@H]1CC1c1ccccc1. The Morgan fingerprint density at radius 1 is 1.21 bits per heavy atom. The summed E-state index contributed by atoms with van der Waals surface area (Å²) in [4.78, 5) is 29.6. The summed E-state index contributed by atoms with van der Waals surface area (Å²) in [6.45, 7) is 11.1. The molecule has 0 bridgehead atoms. The minimum atomic E-state index is -0.583. The van der Waals surface area contributed by atoms with Gasteiger partial charge in [0.1, 0.15) is 18.0 Å². The second-order valence-electron chi connectivity index (χ2n) is 11.6. The fraction of sp³-hybridized carbons (Fsp3) is 0.533. The third-order valence-corrected chi connectivity index (χ3v) is 7.31. The van der Waals surface area contributed by atoms with E-state index in [-0.39, 0.29) is 43.1 Å². The Balaban J connectivity index is 1.52. The molecule has 212 valence electrons. The van der Waals surface area contributed by atoms with Gasteiger partial charge in [0.2, 0.25) is 0 Å². The van der Waals surface area contributed by atoms with E-state index in [9.17, 15) is 14.0 Å². The lowest BCUT2D eigenvalue weighted by atomic mass is 9.78. The van der Waals surface area contributed by atoms with Crippen molar-refractivity contribution < 1.29 is 28.2 Å². The van der Waals surface area contributed by atoms with Crippen LogP contribution < -0.4 is 5.32 Å². The maximum atomic E-state index is 13.5. The largest absolute Gasteiger partial charge is 0.479 e. The molecule has 2 aliphatic heterocycles. The summed E-state index contributed by atoms with van der Waals surface area (Å²) in [5, 5.41) is 2.94. The van der Waals surface area contributed by atoms with Crippen molar-refractivity contribution in [2.24, 2.45) is 5.41 Å². The van der Waals surface area contributed by atoms with Gasteiger partial charge in [-0.25, -0.2) is 14.0 Å². The first-order valence-electron chi connectivity index (χ1n) is 13.6. The predicted molar refractivity (Wildman–Crippen MR) is 147 cm³/mol. The minimum absolute atomic E-state index is 0.00882. The quantitative estimate of drug-likeness (QED) is 0.416. The third kappa shape index (κ3) is 7.77. The average molecular weight is 542 g/mol. The zero-order chi connectivity index (χ0) is 28.0. The summed E-state index contributed by atoms with van der Waals surface area (Å²) in [6, 6.07) is 10.2. The molecule has 1 saturated carbocycles. The van der Waals surface area contributed by atoms with E-state index in [1.807, 2.05) is 43.9 Å². The van der Waals surface area contributed by atoms with Crippen LogP contribution in [0, 0.1) is 5.41 Å². The molecule has 1 N–H and O–H groups in total. The number of carbonyl (C=O) groups excluding carboxylic acids is 2. The summed E-state index contributed by atoms with van der Waals surface area (Å²) in [5.74, 6) is 0.456. The molecule has 2 fully saturated rings. The van der Waals surface area contributed by atoms with Crippen molar-refractivity contribution in [3.63, 3.8) is 0 Å². The molecule has 39 heavy (non-hydrogen) atoms. The van der Waals surface area contributed by atoms with Gasteiger partial charge in [0.25, 0.3) is 0 Å². The smallest absolute Gasteiger partial charge is 0.410 e. The van der Waals surface area contributed by atoms with Gasteiger partial charge in [-0.05, 0) is 51.7 Å². The van der Waals surface area contributed by atoms with E-state index in [0.29, 0.717) is 45.0 Å². The zero-order valence-electron chi connectivity index (χ0n) is 23.2. The van der Waals surface area contributed by atoms with Crippen molar-refractivity contribution >= 4 is 12.2 Å². The van der Waals surface area contributed by atoms with Crippen molar-refractivity contribution in [2.75, 3.05) is 39.4 Å². The highest BCUT2D eigenvalue weighted by atomic mass is 19.1. The molecule has 1 saturated heterocycles. The number of nitrogens with one attached hydrogen (secondary N) is 1. The van der Waals surface area contributed by atoms with Gasteiger partial charge < -0.3 is 29.3 Å². The topological polar surface area (TPSA) is 80.3 Å². The molecule has 0 aromatic heterocycles. The number of allylic oxidation sites excluding steroid dienone is 2. The number of piperidine rings is 1. The Kier molecular flexibility index (Phi) is 8.87. The zero-order valence-corrected chi connectivity index (χ0v) is 23.2. The van der Waals surface area contributed by atoms with E-state index in [2.05, 4.69) is 24.0 Å². The second-order valence-corrected chi connectivity index (χ2v) is 11.6. The van der Waals surface area contributed by atoms with Crippen molar-refractivity contribution in [3.8, 4) is 0 Å². The van der Waals surface area contributed by atoms with Gasteiger partial charge in [-0.15, -0.1) is 0 Å². The van der Waals surface area contributed by atoms with Gasteiger partial charge in [-0.1, -0.05) is 43.0 Å². The van der Waals surface area contributed by atoms with Crippen LogP contribution in [0.3, 0.4) is 0 Å². The standard InChI is InChI=1S/C30H40FN3O5/c1-5-17-37-28(36)34(25-18-24(25)22-9-7-6-8-10-22)20-30(21-38-26-12-11-23(31)19-32-26)13-15-33(16-14-30)27(35)39-29(2,3)4/h5-12,24-25,32H,1,13-21H2,2-4H3/t24?,25-/m1/s1. The van der Waals surface area contributed by atoms with Gasteiger partial charge in [-0.2, -0.15) is 0 Å². The molecule has 1 aliphatic carbocycles. The van der Waals surface area contributed by atoms with Crippen molar-refractivity contribution in [3.05, 3.63) is 72.4 Å². The Morgan fingerprint density at radius 3 is 2.54 bits per heavy atom. The minimum Gasteiger partial charge on any atom is -0.479 e. The summed E-state index contributed by atoms with van der Waals surface area (Å²) in [5.41, 5.74) is 0.165. The molecule has 0 radical (unpaired) electrons. The van der Waals surface area contributed by atoms with Crippen LogP contribution in [0.5, 0.6) is 0 Å². The van der Waals surface area contributed by atoms with Crippen molar-refractivity contribution in [1.29, 1.82) is 0 Å². The molecule has 3 aliphatic rings. The lowest BCUT2D eigenvalue weighted by Crippen LogP contribution is -2.52. The fourth-order valence-corrected chi connectivity index (χ4v) is 5.10. The Hall–Kier alpha value is -3.49. The van der Waals surface area contributed by atoms with Crippen LogP contribution in [0.4, 0.5) is 14.0 Å². The molecular formula is C30H40FN3O5. The van der Waals surface area contributed by atoms with Crippen molar-refractivity contribution in [1.82, 2.24) is 15.1 Å². The molecular weight excluding hydrogens is 501 g/mol. The lowest BCUT2D eigenvalue weighted by molar-refractivity contribution is -0.0200. The van der Waals surface area contributed by atoms with Crippen LogP contribution in [0.15, 0.2) is 66.8 Å². The number of hydrogen-bond donors (Lipinski definition) is 1. The molecule has 0 spiro atoms. The van der Waals surface area contributed by atoms with Gasteiger partial charge in [0.15, 0.2) is 5.88 Å². The lowest BCUT2D eigenvalue weighted by Gasteiger charge is -2.44. The number of dihydropyridines is 1. The first-order valence-corrected chi connectivity index (χ1v) is 13.6. The molecule has 9 heteroatoms. The highest BCUT2D eigenvalue weighted by Crippen LogP contribution is 2.47. The second kappa shape index (κ2) is 12.1. The molecule has 1 aromatic rings. The van der Waals surface area contributed by atoms with E-state index >= 15 is 0 Å². The van der Waals surface area contributed by atoms with E-state index in [1.165, 1.54) is 11.6 Å². The molecule has 2 amide bonds. The van der Waals surface area contributed by atoms with Crippen LogP contribution >= 0.6 is 0 Å². The van der Waals surface area contributed by atoms with Crippen LogP contribution in [0.1, 0.15) is 51.5 Å². The number of halogens is 1. The number of ether oxygens (including phenoxy) is 3. The Labute approximate surface area is 230 Å². The molecule has 8 nitrogen and oxygen atoms in total. The Morgan fingerprint density at radius 2 is 1.92 bits per heavy atom. The van der Waals surface area contributed by atoms with Crippen LogP contribution in [0.25, 0.3) is 0 Å². The molecule has 1 unspecified atom stereocenters. The highest BCUT2D eigenvalue weighted by Gasteiger charge is 2.49. The van der Waals surface area contributed by atoms with E-state index in [1.54, 1.807) is 17.1 Å². The number of amides is 2. The van der Waals surface area contributed by atoms with Crippen LogP contribution in [-0.4, -0.2) is 73.0 Å². The number of nitrogens with zero attached hydrogens (tertiary/aromatic N) is 2. The number of carbonyl (C=O) groups is 2. The number of rotatable bonds is 9. The monoisotopic (exact) mass is 541 g/mol. The van der Waals surface area contributed by atoms with Crippen LogP contribution in [0.2, 0.25) is 0 Å². The summed E-state index contributed by atoms with van der Waals surface area (Å²) in [7, 11) is 0. The summed E-state index contributed by atoms with van der Waals surface area (Å²) < 4.78 is 30.7. The normalized spacial score (nSPS) is 22.0. The summed E-state index contributed by atoms with van der Waals surface area (Å²) in [6.07, 6.45) is 5.86. The highest BCUT2D eigenvalue weighted by molar-refractivity contribution is 5.69. The maximum Gasteiger partial charge on any atom is 0.410 e. The van der Waals surface area contributed by atoms with Gasteiger partial charge in [-0.3, -0.25) is 0 Å². The number of likely N-dealkylation sites (tertiary alicyclic amines) is 1. The van der Waals surface area contributed by atoms with E-state index in [0.717, 1.165) is 6.42 Å².